The van der Waals surface area contributed by atoms with Gasteiger partial charge in [-0.15, -0.1) is 24.8 Å². The number of halogens is 2. The van der Waals surface area contributed by atoms with Crippen molar-refractivity contribution < 1.29 is 9.53 Å². The summed E-state index contributed by atoms with van der Waals surface area (Å²) in [6.45, 7) is 3.48. The lowest BCUT2D eigenvalue weighted by atomic mass is 9.92. The van der Waals surface area contributed by atoms with Crippen molar-refractivity contribution in [1.29, 1.82) is 0 Å². The second-order valence-electron chi connectivity index (χ2n) is 6.71. The minimum Gasteiger partial charge on any atom is -0.497 e. The van der Waals surface area contributed by atoms with E-state index in [0.29, 0.717) is 18.0 Å². The second kappa shape index (κ2) is 10.5. The van der Waals surface area contributed by atoms with Gasteiger partial charge in [-0.25, -0.2) is 0 Å². The molecule has 0 saturated carbocycles. The van der Waals surface area contributed by atoms with Gasteiger partial charge in [-0.1, -0.05) is 19.1 Å². The zero-order valence-electron chi connectivity index (χ0n) is 15.6. The van der Waals surface area contributed by atoms with E-state index in [1.165, 1.54) is 0 Å². The molecule has 1 saturated heterocycles. The highest BCUT2D eigenvalue weighted by Gasteiger charge is 2.29. The predicted octanol–water partition coefficient (Wildman–Crippen LogP) is 3.80. The largest absolute Gasteiger partial charge is 0.497 e. The molecule has 0 radical (unpaired) electrons. The van der Waals surface area contributed by atoms with Gasteiger partial charge in [0.2, 0.25) is 0 Å². The molecule has 0 aliphatic carbocycles. The first-order valence-corrected chi connectivity index (χ1v) is 8.73. The zero-order valence-corrected chi connectivity index (χ0v) is 17.3. The van der Waals surface area contributed by atoms with Crippen molar-refractivity contribution in [3.05, 3.63) is 48.3 Å². The minimum atomic E-state index is 0. The molecule has 1 aliphatic rings. The Hall–Kier alpha value is -1.82. The lowest BCUT2D eigenvalue weighted by Crippen LogP contribution is -2.49. The maximum Gasteiger partial charge on any atom is 0.255 e. The van der Waals surface area contributed by atoms with Crippen LogP contribution in [0.4, 0.5) is 0 Å². The fourth-order valence-electron chi connectivity index (χ4n) is 3.41. The molecule has 1 aromatic heterocycles. The molecule has 3 rings (SSSR count). The lowest BCUT2D eigenvalue weighted by Gasteiger charge is -2.38. The Bertz CT molecular complexity index is 740. The molecular formula is C20H27Cl2N3O2. The average Bonchev–Trinajstić information content (AvgIpc) is 2.67. The molecule has 1 fully saturated rings. The first-order chi connectivity index (χ1) is 12.1. The van der Waals surface area contributed by atoms with Crippen LogP contribution in [0, 0.1) is 5.92 Å². The predicted molar refractivity (Wildman–Crippen MR) is 113 cm³/mol. The Kier molecular flexibility index (Phi) is 9.03. The van der Waals surface area contributed by atoms with Crippen LogP contribution in [0.2, 0.25) is 0 Å². The molecule has 5 nitrogen and oxygen atoms in total. The normalized spacial score (nSPS) is 18.9. The van der Waals surface area contributed by atoms with Crippen molar-refractivity contribution in [2.45, 2.75) is 25.8 Å². The van der Waals surface area contributed by atoms with Crippen molar-refractivity contribution >= 4 is 30.7 Å². The molecule has 1 aliphatic heterocycles. The first kappa shape index (κ1) is 23.2. The topological polar surface area (TPSA) is 68.5 Å². The van der Waals surface area contributed by atoms with Gasteiger partial charge in [0.25, 0.3) is 5.91 Å². The van der Waals surface area contributed by atoms with E-state index in [-0.39, 0.29) is 36.8 Å². The Morgan fingerprint density at radius 1 is 1.22 bits per heavy atom. The molecule has 2 aromatic rings. The van der Waals surface area contributed by atoms with Gasteiger partial charge in [-0.2, -0.15) is 0 Å². The molecule has 2 atom stereocenters. The number of amides is 1. The molecule has 7 heteroatoms. The summed E-state index contributed by atoms with van der Waals surface area (Å²) in [7, 11) is 1.64. The third-order valence-corrected chi connectivity index (χ3v) is 4.92. The Balaban J connectivity index is 0.00000182. The number of hydrogen-bond acceptors (Lipinski definition) is 4. The van der Waals surface area contributed by atoms with E-state index in [9.17, 15) is 4.79 Å². The third-order valence-electron chi connectivity index (χ3n) is 4.92. The van der Waals surface area contributed by atoms with Gasteiger partial charge in [0.1, 0.15) is 5.75 Å². The van der Waals surface area contributed by atoms with Gasteiger partial charge in [0, 0.05) is 37.1 Å². The van der Waals surface area contributed by atoms with Crippen LogP contribution >= 0.6 is 24.8 Å². The van der Waals surface area contributed by atoms with Gasteiger partial charge in [0.05, 0.1) is 12.7 Å². The van der Waals surface area contributed by atoms with Crippen molar-refractivity contribution in [1.82, 2.24) is 9.88 Å². The number of nitrogens with two attached hydrogens (primary N) is 1. The number of pyridine rings is 1. The molecule has 2 unspecified atom stereocenters. The van der Waals surface area contributed by atoms with Gasteiger partial charge in [-0.3, -0.25) is 9.78 Å². The summed E-state index contributed by atoms with van der Waals surface area (Å²) in [5, 5.41) is 0. The summed E-state index contributed by atoms with van der Waals surface area (Å²) < 4.78 is 5.19. The minimum absolute atomic E-state index is 0. The Morgan fingerprint density at radius 2 is 1.93 bits per heavy atom. The molecule has 2 heterocycles. The van der Waals surface area contributed by atoms with Crippen LogP contribution in [-0.2, 0) is 0 Å². The zero-order chi connectivity index (χ0) is 17.8. The number of benzene rings is 1. The summed E-state index contributed by atoms with van der Waals surface area (Å²) in [6.07, 6.45) is 5.40. The van der Waals surface area contributed by atoms with Crippen molar-refractivity contribution in [3.63, 3.8) is 0 Å². The fraction of sp³-hybridized carbons (Fsp3) is 0.400. The monoisotopic (exact) mass is 411 g/mol. The number of carbonyl (C=O) groups excluding carboxylic acids is 1. The molecule has 0 spiro atoms. The number of carbonyl (C=O) groups is 1. The van der Waals surface area contributed by atoms with Crippen LogP contribution in [0.15, 0.2) is 42.7 Å². The van der Waals surface area contributed by atoms with E-state index < -0.39 is 0 Å². The van der Waals surface area contributed by atoms with Crippen molar-refractivity contribution in [2.24, 2.45) is 11.7 Å². The van der Waals surface area contributed by atoms with Crippen LogP contribution in [0.3, 0.4) is 0 Å². The summed E-state index contributed by atoms with van der Waals surface area (Å²) in [5.74, 6) is 1.43. The average molecular weight is 412 g/mol. The quantitative estimate of drug-likeness (QED) is 0.830. The SMILES string of the molecule is COc1ccc(-c2cncc(C(=O)N3CCC(C)CC3CN)c2)cc1.Cl.Cl. The van der Waals surface area contributed by atoms with Crippen molar-refractivity contribution in [3.8, 4) is 16.9 Å². The Labute approximate surface area is 173 Å². The first-order valence-electron chi connectivity index (χ1n) is 8.73. The molecule has 1 aromatic carbocycles. The molecule has 1 amide bonds. The lowest BCUT2D eigenvalue weighted by molar-refractivity contribution is 0.0573. The van der Waals surface area contributed by atoms with E-state index in [0.717, 1.165) is 36.3 Å². The number of piperidine rings is 1. The highest BCUT2D eigenvalue weighted by molar-refractivity contribution is 5.95. The summed E-state index contributed by atoms with van der Waals surface area (Å²) >= 11 is 0. The van der Waals surface area contributed by atoms with E-state index in [1.807, 2.05) is 35.2 Å². The number of ether oxygens (including phenoxy) is 1. The standard InChI is InChI=1S/C20H25N3O2.2ClH/c1-14-7-8-23(18(9-14)11-21)20(24)17-10-16(12-22-13-17)15-3-5-19(25-2)6-4-15;;/h3-6,10,12-14,18H,7-9,11,21H2,1-2H3;2*1H. The summed E-state index contributed by atoms with van der Waals surface area (Å²) in [4.78, 5) is 19.2. The number of aromatic nitrogens is 1. The number of hydrogen-bond donors (Lipinski definition) is 1. The van der Waals surface area contributed by atoms with E-state index in [2.05, 4.69) is 11.9 Å². The molecule has 27 heavy (non-hydrogen) atoms. The Morgan fingerprint density at radius 3 is 2.56 bits per heavy atom. The molecule has 148 valence electrons. The van der Waals surface area contributed by atoms with Crippen LogP contribution in [-0.4, -0.2) is 42.0 Å². The second-order valence-corrected chi connectivity index (χ2v) is 6.71. The summed E-state index contributed by atoms with van der Waals surface area (Å²) in [5.41, 5.74) is 8.44. The van der Waals surface area contributed by atoms with E-state index in [1.54, 1.807) is 19.5 Å². The maximum atomic E-state index is 13.0. The highest BCUT2D eigenvalue weighted by Crippen LogP contribution is 2.26. The number of nitrogens with zero attached hydrogens (tertiary/aromatic N) is 2. The van der Waals surface area contributed by atoms with Gasteiger partial charge in [0.15, 0.2) is 0 Å². The van der Waals surface area contributed by atoms with Gasteiger partial charge in [-0.05, 0) is 42.5 Å². The molecule has 2 N–H and O–H groups in total. The van der Waals surface area contributed by atoms with Gasteiger partial charge < -0.3 is 15.4 Å². The van der Waals surface area contributed by atoms with E-state index in [4.69, 9.17) is 10.5 Å². The van der Waals surface area contributed by atoms with Crippen molar-refractivity contribution in [2.75, 3.05) is 20.2 Å². The maximum absolute atomic E-state index is 13.0. The summed E-state index contributed by atoms with van der Waals surface area (Å²) in [6, 6.07) is 9.76. The number of likely N-dealkylation sites (tertiary alicyclic amines) is 1. The van der Waals surface area contributed by atoms with Crippen LogP contribution in [0.1, 0.15) is 30.1 Å². The molecule has 0 bridgehead atoms. The number of rotatable bonds is 4. The number of methoxy groups -OCH3 is 1. The molecular weight excluding hydrogens is 385 g/mol. The third kappa shape index (κ3) is 5.34. The van der Waals surface area contributed by atoms with E-state index >= 15 is 0 Å². The van der Waals surface area contributed by atoms with Crippen LogP contribution in [0.25, 0.3) is 11.1 Å². The fourth-order valence-corrected chi connectivity index (χ4v) is 3.41. The highest BCUT2D eigenvalue weighted by atomic mass is 35.5. The van der Waals surface area contributed by atoms with Crippen LogP contribution in [0.5, 0.6) is 5.75 Å². The van der Waals surface area contributed by atoms with Crippen LogP contribution < -0.4 is 10.5 Å². The van der Waals surface area contributed by atoms with Gasteiger partial charge >= 0.3 is 0 Å². The smallest absolute Gasteiger partial charge is 0.255 e.